The first-order chi connectivity index (χ1) is 10.0. The highest BCUT2D eigenvalue weighted by atomic mass is 16.1. The lowest BCUT2D eigenvalue weighted by Crippen LogP contribution is -2.18. The zero-order valence-electron chi connectivity index (χ0n) is 12.8. The number of nitrogens with one attached hydrogen (secondary N) is 2. The van der Waals surface area contributed by atoms with Crippen LogP contribution < -0.4 is 10.6 Å². The minimum absolute atomic E-state index is 0.0487. The summed E-state index contributed by atoms with van der Waals surface area (Å²) in [6.07, 6.45) is 0. The third-order valence-electron chi connectivity index (χ3n) is 3.44. The molecule has 0 saturated carbocycles. The van der Waals surface area contributed by atoms with Gasteiger partial charge in [-0.05, 0) is 37.1 Å². The van der Waals surface area contributed by atoms with E-state index in [4.69, 9.17) is 0 Å². The average molecular weight is 282 g/mol. The van der Waals surface area contributed by atoms with Crippen LogP contribution in [0, 0.1) is 6.92 Å². The number of aryl methyl sites for hydroxylation is 1. The third-order valence-corrected chi connectivity index (χ3v) is 3.44. The van der Waals surface area contributed by atoms with E-state index in [1.807, 2.05) is 18.2 Å². The van der Waals surface area contributed by atoms with Crippen LogP contribution >= 0.6 is 0 Å². The van der Waals surface area contributed by atoms with Gasteiger partial charge in [-0.15, -0.1) is 0 Å². The molecule has 1 atom stereocenters. The third kappa shape index (κ3) is 4.72. The van der Waals surface area contributed by atoms with Crippen molar-refractivity contribution in [1.82, 2.24) is 5.32 Å². The molecule has 1 amide bonds. The minimum Gasteiger partial charge on any atom is -0.326 e. The summed E-state index contributed by atoms with van der Waals surface area (Å²) < 4.78 is 0. The first-order valence-corrected chi connectivity index (χ1v) is 7.21. The van der Waals surface area contributed by atoms with Gasteiger partial charge in [0.05, 0.1) is 0 Å². The number of carbonyl (C=O) groups excluding carboxylic acids is 1. The smallest absolute Gasteiger partial charge is 0.221 e. The Balaban J connectivity index is 1.98. The van der Waals surface area contributed by atoms with Crippen LogP contribution in [0.5, 0.6) is 0 Å². The number of anilines is 1. The van der Waals surface area contributed by atoms with Crippen molar-refractivity contribution in [3.63, 3.8) is 0 Å². The van der Waals surface area contributed by atoms with Gasteiger partial charge in [-0.1, -0.05) is 42.0 Å². The molecule has 2 N–H and O–H groups in total. The normalized spacial score (nSPS) is 12.0. The van der Waals surface area contributed by atoms with Crippen LogP contribution in [0.25, 0.3) is 0 Å². The molecule has 0 aliphatic carbocycles. The number of benzene rings is 2. The van der Waals surface area contributed by atoms with Crippen molar-refractivity contribution in [2.75, 3.05) is 5.32 Å². The average Bonchev–Trinajstić information content (AvgIpc) is 2.46. The SMILES string of the molecule is CC(=O)Nc1cccc(C(C)NCc2ccc(C)cc2)c1. The fourth-order valence-electron chi connectivity index (χ4n) is 2.18. The van der Waals surface area contributed by atoms with Gasteiger partial charge in [-0.2, -0.15) is 0 Å². The molecule has 0 aromatic heterocycles. The van der Waals surface area contributed by atoms with E-state index in [-0.39, 0.29) is 11.9 Å². The molecule has 2 aromatic rings. The Bertz CT molecular complexity index is 605. The molecule has 0 fully saturated rings. The summed E-state index contributed by atoms with van der Waals surface area (Å²) >= 11 is 0. The molecular formula is C18H22N2O. The predicted molar refractivity (Wildman–Crippen MR) is 87.2 cm³/mol. The van der Waals surface area contributed by atoms with Crippen molar-refractivity contribution in [2.24, 2.45) is 0 Å². The molecule has 3 heteroatoms. The Hall–Kier alpha value is -2.13. The van der Waals surface area contributed by atoms with Crippen molar-refractivity contribution < 1.29 is 4.79 Å². The van der Waals surface area contributed by atoms with Crippen molar-refractivity contribution in [3.05, 3.63) is 65.2 Å². The van der Waals surface area contributed by atoms with E-state index < -0.39 is 0 Å². The molecule has 2 aromatic carbocycles. The second-order valence-electron chi connectivity index (χ2n) is 5.39. The summed E-state index contributed by atoms with van der Waals surface area (Å²) in [7, 11) is 0. The molecule has 1 unspecified atom stereocenters. The Morgan fingerprint density at radius 3 is 2.52 bits per heavy atom. The highest BCUT2D eigenvalue weighted by molar-refractivity contribution is 5.88. The highest BCUT2D eigenvalue weighted by Gasteiger charge is 2.06. The van der Waals surface area contributed by atoms with Crippen LogP contribution in [0.1, 0.15) is 36.6 Å². The monoisotopic (exact) mass is 282 g/mol. The largest absolute Gasteiger partial charge is 0.326 e. The molecule has 110 valence electrons. The van der Waals surface area contributed by atoms with Gasteiger partial charge in [0.25, 0.3) is 0 Å². The van der Waals surface area contributed by atoms with Gasteiger partial charge in [-0.3, -0.25) is 4.79 Å². The van der Waals surface area contributed by atoms with Gasteiger partial charge in [0.15, 0.2) is 0 Å². The second-order valence-corrected chi connectivity index (χ2v) is 5.39. The molecule has 21 heavy (non-hydrogen) atoms. The topological polar surface area (TPSA) is 41.1 Å². The Labute approximate surface area is 126 Å². The van der Waals surface area contributed by atoms with Gasteiger partial charge >= 0.3 is 0 Å². The lowest BCUT2D eigenvalue weighted by Gasteiger charge is -2.15. The first kappa shape index (κ1) is 15.3. The molecule has 0 bridgehead atoms. The van der Waals surface area contributed by atoms with E-state index in [0.717, 1.165) is 17.8 Å². The summed E-state index contributed by atoms with van der Waals surface area (Å²) in [6.45, 7) is 6.56. The van der Waals surface area contributed by atoms with Crippen LogP contribution in [-0.2, 0) is 11.3 Å². The summed E-state index contributed by atoms with van der Waals surface area (Å²) in [5, 5.41) is 6.32. The van der Waals surface area contributed by atoms with Crippen molar-refractivity contribution >= 4 is 11.6 Å². The maximum absolute atomic E-state index is 11.1. The second kappa shape index (κ2) is 7.04. The summed E-state index contributed by atoms with van der Waals surface area (Å²) in [5.41, 5.74) is 4.54. The van der Waals surface area contributed by atoms with Gasteiger partial charge in [-0.25, -0.2) is 0 Å². The van der Waals surface area contributed by atoms with E-state index in [2.05, 4.69) is 54.8 Å². The molecule has 0 aliphatic heterocycles. The number of rotatable bonds is 5. The van der Waals surface area contributed by atoms with Crippen LogP contribution in [0.2, 0.25) is 0 Å². The molecule has 3 nitrogen and oxygen atoms in total. The molecular weight excluding hydrogens is 260 g/mol. The molecule has 0 aliphatic rings. The Kier molecular flexibility index (Phi) is 5.12. The van der Waals surface area contributed by atoms with E-state index in [0.29, 0.717) is 0 Å². The highest BCUT2D eigenvalue weighted by Crippen LogP contribution is 2.18. The van der Waals surface area contributed by atoms with E-state index in [9.17, 15) is 4.79 Å². The fraction of sp³-hybridized carbons (Fsp3) is 0.278. The van der Waals surface area contributed by atoms with Gasteiger partial charge in [0.1, 0.15) is 0 Å². The quantitative estimate of drug-likeness (QED) is 0.875. The maximum Gasteiger partial charge on any atom is 0.221 e. The molecule has 0 saturated heterocycles. The zero-order chi connectivity index (χ0) is 15.2. The van der Waals surface area contributed by atoms with Crippen LogP contribution in [-0.4, -0.2) is 5.91 Å². The fourth-order valence-corrected chi connectivity index (χ4v) is 2.18. The maximum atomic E-state index is 11.1. The Morgan fingerprint density at radius 2 is 1.86 bits per heavy atom. The zero-order valence-corrected chi connectivity index (χ0v) is 12.8. The molecule has 0 radical (unpaired) electrons. The van der Waals surface area contributed by atoms with Crippen molar-refractivity contribution in [3.8, 4) is 0 Å². The number of hydrogen-bond acceptors (Lipinski definition) is 2. The molecule has 2 rings (SSSR count). The van der Waals surface area contributed by atoms with E-state index in [1.165, 1.54) is 18.1 Å². The van der Waals surface area contributed by atoms with Gasteiger partial charge in [0, 0.05) is 25.2 Å². The van der Waals surface area contributed by atoms with Gasteiger partial charge < -0.3 is 10.6 Å². The Morgan fingerprint density at radius 1 is 1.14 bits per heavy atom. The van der Waals surface area contributed by atoms with Crippen LogP contribution in [0.15, 0.2) is 48.5 Å². The predicted octanol–water partition coefficient (Wildman–Crippen LogP) is 3.80. The first-order valence-electron chi connectivity index (χ1n) is 7.21. The van der Waals surface area contributed by atoms with E-state index >= 15 is 0 Å². The van der Waals surface area contributed by atoms with Crippen molar-refractivity contribution in [1.29, 1.82) is 0 Å². The lowest BCUT2D eigenvalue weighted by molar-refractivity contribution is -0.114. The summed E-state index contributed by atoms with van der Waals surface area (Å²) in [5.74, 6) is -0.0487. The van der Waals surface area contributed by atoms with Crippen molar-refractivity contribution in [2.45, 2.75) is 33.4 Å². The summed E-state index contributed by atoms with van der Waals surface area (Å²) in [4.78, 5) is 11.1. The van der Waals surface area contributed by atoms with E-state index in [1.54, 1.807) is 0 Å². The number of hydrogen-bond donors (Lipinski definition) is 2. The molecule has 0 spiro atoms. The molecule has 0 heterocycles. The van der Waals surface area contributed by atoms with Crippen LogP contribution in [0.4, 0.5) is 5.69 Å². The summed E-state index contributed by atoms with van der Waals surface area (Å²) in [6, 6.07) is 16.7. The number of amides is 1. The van der Waals surface area contributed by atoms with Gasteiger partial charge in [0.2, 0.25) is 5.91 Å². The lowest BCUT2D eigenvalue weighted by atomic mass is 10.1. The van der Waals surface area contributed by atoms with Crippen LogP contribution in [0.3, 0.4) is 0 Å². The number of carbonyl (C=O) groups is 1. The minimum atomic E-state index is -0.0487. The standard InChI is InChI=1S/C18H22N2O/c1-13-7-9-16(10-8-13)12-19-14(2)17-5-4-6-18(11-17)20-15(3)21/h4-11,14,19H,12H2,1-3H3,(H,20,21).